The average Bonchev–Trinajstić information content (AvgIpc) is 3.03. The molecule has 0 fully saturated rings. The van der Waals surface area contributed by atoms with Crippen LogP contribution in [-0.2, 0) is 6.42 Å². The highest BCUT2D eigenvalue weighted by molar-refractivity contribution is 6.06. The van der Waals surface area contributed by atoms with Crippen LogP contribution < -0.4 is 9.80 Å². The molecule has 3 rings (SSSR count). The number of hydrogen-bond acceptors (Lipinski definition) is 4. The molecule has 0 bridgehead atoms. The number of para-hydroxylation sites is 1. The Morgan fingerprint density at radius 2 is 2.13 bits per heavy atom. The van der Waals surface area contributed by atoms with Crippen LogP contribution in [0.25, 0.3) is 0 Å². The number of nitrogens with zero attached hydrogens (tertiary/aromatic N) is 4. The second-order valence-corrected chi connectivity index (χ2v) is 5.87. The molecular weight excluding hydrogens is 288 g/mol. The molecule has 1 aliphatic rings. The van der Waals surface area contributed by atoms with Crippen molar-refractivity contribution in [2.24, 2.45) is 0 Å². The van der Waals surface area contributed by atoms with Crippen molar-refractivity contribution in [3.05, 3.63) is 47.9 Å². The van der Waals surface area contributed by atoms with Crippen LogP contribution in [0, 0.1) is 0 Å². The topological polar surface area (TPSA) is 49.3 Å². The molecule has 0 atom stereocenters. The van der Waals surface area contributed by atoms with Crippen LogP contribution in [0.3, 0.4) is 0 Å². The Labute approximate surface area is 137 Å². The molecular formula is C18H22N4O. The summed E-state index contributed by atoms with van der Waals surface area (Å²) < 4.78 is 0. The first kappa shape index (κ1) is 15.5. The molecule has 0 saturated heterocycles. The van der Waals surface area contributed by atoms with E-state index in [4.69, 9.17) is 0 Å². The lowest BCUT2D eigenvalue weighted by atomic mass is 10.2. The third-order valence-electron chi connectivity index (χ3n) is 4.24. The largest absolute Gasteiger partial charge is 0.360 e. The van der Waals surface area contributed by atoms with Gasteiger partial charge >= 0.3 is 0 Å². The Balaban J connectivity index is 1.81. The van der Waals surface area contributed by atoms with Gasteiger partial charge in [0.2, 0.25) is 0 Å². The van der Waals surface area contributed by atoms with Crippen LogP contribution in [0.1, 0.15) is 35.8 Å². The van der Waals surface area contributed by atoms with Crippen molar-refractivity contribution in [1.29, 1.82) is 0 Å². The Morgan fingerprint density at radius 3 is 2.96 bits per heavy atom. The van der Waals surface area contributed by atoms with E-state index in [1.165, 1.54) is 11.9 Å². The maximum absolute atomic E-state index is 12.8. The molecule has 0 aliphatic carbocycles. The highest BCUT2D eigenvalue weighted by Crippen LogP contribution is 2.28. The molecule has 5 heteroatoms. The van der Waals surface area contributed by atoms with Gasteiger partial charge in [-0.05, 0) is 24.5 Å². The van der Waals surface area contributed by atoms with Crippen LogP contribution in [0.4, 0.5) is 11.5 Å². The number of aromatic nitrogens is 2. The van der Waals surface area contributed by atoms with Gasteiger partial charge in [0.05, 0.1) is 0 Å². The van der Waals surface area contributed by atoms with Crippen LogP contribution in [0.15, 0.2) is 36.7 Å². The summed E-state index contributed by atoms with van der Waals surface area (Å²) in [7, 11) is 2.00. The molecule has 0 saturated carbocycles. The molecule has 23 heavy (non-hydrogen) atoms. The predicted molar refractivity (Wildman–Crippen MR) is 92.0 cm³/mol. The van der Waals surface area contributed by atoms with Gasteiger partial charge in [-0.15, -0.1) is 0 Å². The standard InChI is InChI=1S/C18H22N4O/c1-3-4-10-21(2)17-12-15(19-13-20-17)18(23)22-11-9-14-7-5-6-8-16(14)22/h5-8,12-13H,3-4,9-11H2,1-2H3. The van der Waals surface area contributed by atoms with E-state index in [-0.39, 0.29) is 5.91 Å². The fraction of sp³-hybridized carbons (Fsp3) is 0.389. The minimum atomic E-state index is -0.0532. The second-order valence-electron chi connectivity index (χ2n) is 5.87. The summed E-state index contributed by atoms with van der Waals surface area (Å²) in [5.41, 5.74) is 2.67. The molecule has 0 radical (unpaired) electrons. The van der Waals surface area contributed by atoms with E-state index in [1.807, 2.05) is 30.1 Å². The van der Waals surface area contributed by atoms with Crippen LogP contribution in [0.5, 0.6) is 0 Å². The highest BCUT2D eigenvalue weighted by atomic mass is 16.2. The van der Waals surface area contributed by atoms with E-state index in [9.17, 15) is 4.79 Å². The Kier molecular flexibility index (Phi) is 4.55. The van der Waals surface area contributed by atoms with Crippen molar-refractivity contribution < 1.29 is 4.79 Å². The summed E-state index contributed by atoms with van der Waals surface area (Å²) in [5.74, 6) is 0.742. The average molecular weight is 310 g/mol. The number of benzene rings is 1. The third-order valence-corrected chi connectivity index (χ3v) is 4.24. The molecule has 5 nitrogen and oxygen atoms in total. The van der Waals surface area contributed by atoms with Gasteiger partial charge in [-0.2, -0.15) is 0 Å². The van der Waals surface area contributed by atoms with Crippen LogP contribution >= 0.6 is 0 Å². The Morgan fingerprint density at radius 1 is 1.30 bits per heavy atom. The maximum atomic E-state index is 12.8. The fourth-order valence-corrected chi connectivity index (χ4v) is 2.87. The van der Waals surface area contributed by atoms with E-state index in [2.05, 4.69) is 27.9 Å². The monoisotopic (exact) mass is 310 g/mol. The number of carbonyl (C=O) groups excluding carboxylic acids is 1. The van der Waals surface area contributed by atoms with Crippen molar-refractivity contribution in [3.63, 3.8) is 0 Å². The van der Waals surface area contributed by atoms with Gasteiger partial charge in [-0.25, -0.2) is 9.97 Å². The summed E-state index contributed by atoms with van der Waals surface area (Å²) >= 11 is 0. The van der Waals surface area contributed by atoms with Crippen molar-refractivity contribution in [3.8, 4) is 0 Å². The van der Waals surface area contributed by atoms with Gasteiger partial charge in [0.1, 0.15) is 17.8 Å². The summed E-state index contributed by atoms with van der Waals surface area (Å²) in [6, 6.07) is 9.84. The number of fused-ring (bicyclic) bond motifs is 1. The molecule has 2 aromatic rings. The number of amides is 1. The van der Waals surface area contributed by atoms with Gasteiger partial charge in [-0.1, -0.05) is 31.5 Å². The Hall–Kier alpha value is -2.43. The van der Waals surface area contributed by atoms with E-state index in [0.29, 0.717) is 12.2 Å². The molecule has 1 amide bonds. The number of hydrogen-bond donors (Lipinski definition) is 0. The number of rotatable bonds is 5. The minimum absolute atomic E-state index is 0.0532. The van der Waals surface area contributed by atoms with E-state index in [1.54, 1.807) is 6.07 Å². The first-order valence-electron chi connectivity index (χ1n) is 8.13. The fourth-order valence-electron chi connectivity index (χ4n) is 2.87. The number of unbranched alkanes of at least 4 members (excludes halogenated alkanes) is 1. The van der Waals surface area contributed by atoms with E-state index >= 15 is 0 Å². The molecule has 120 valence electrons. The second kappa shape index (κ2) is 6.77. The molecule has 2 heterocycles. The normalized spacial score (nSPS) is 13.0. The van der Waals surface area contributed by atoms with Crippen LogP contribution in [0.2, 0.25) is 0 Å². The zero-order valence-corrected chi connectivity index (χ0v) is 13.7. The summed E-state index contributed by atoms with van der Waals surface area (Å²) in [6.07, 6.45) is 4.61. The van der Waals surface area contributed by atoms with Gasteiger partial charge in [0.15, 0.2) is 0 Å². The molecule has 1 aromatic carbocycles. The van der Waals surface area contributed by atoms with Crippen molar-refractivity contribution in [2.75, 3.05) is 29.9 Å². The lowest BCUT2D eigenvalue weighted by Gasteiger charge is -2.20. The van der Waals surface area contributed by atoms with Crippen LogP contribution in [-0.4, -0.2) is 36.0 Å². The van der Waals surface area contributed by atoms with Crippen molar-refractivity contribution in [2.45, 2.75) is 26.2 Å². The summed E-state index contributed by atoms with van der Waals surface area (Å²) in [4.78, 5) is 25.2. The third kappa shape index (κ3) is 3.18. The van der Waals surface area contributed by atoms with Crippen molar-refractivity contribution >= 4 is 17.4 Å². The lowest BCUT2D eigenvalue weighted by Crippen LogP contribution is -2.30. The van der Waals surface area contributed by atoms with Gasteiger partial charge in [0, 0.05) is 31.9 Å². The van der Waals surface area contributed by atoms with Gasteiger partial charge in [-0.3, -0.25) is 4.79 Å². The van der Waals surface area contributed by atoms with Crippen molar-refractivity contribution in [1.82, 2.24) is 9.97 Å². The van der Waals surface area contributed by atoms with E-state index in [0.717, 1.165) is 37.3 Å². The highest BCUT2D eigenvalue weighted by Gasteiger charge is 2.26. The molecule has 0 N–H and O–H groups in total. The zero-order valence-electron chi connectivity index (χ0n) is 13.7. The lowest BCUT2D eigenvalue weighted by molar-refractivity contribution is 0.0984. The zero-order chi connectivity index (χ0) is 16.2. The number of anilines is 2. The van der Waals surface area contributed by atoms with Gasteiger partial charge in [0.25, 0.3) is 5.91 Å². The summed E-state index contributed by atoms with van der Waals surface area (Å²) in [5, 5.41) is 0. The summed E-state index contributed by atoms with van der Waals surface area (Å²) in [6.45, 7) is 3.80. The maximum Gasteiger partial charge on any atom is 0.277 e. The van der Waals surface area contributed by atoms with E-state index < -0.39 is 0 Å². The Bertz CT molecular complexity index is 701. The first-order chi connectivity index (χ1) is 11.2. The molecule has 0 unspecified atom stereocenters. The predicted octanol–water partition coefficient (Wildman–Crippen LogP) is 2.92. The first-order valence-corrected chi connectivity index (χ1v) is 8.13. The number of carbonyl (C=O) groups is 1. The molecule has 1 aromatic heterocycles. The quantitative estimate of drug-likeness (QED) is 0.852. The smallest absolute Gasteiger partial charge is 0.277 e. The molecule has 1 aliphatic heterocycles. The van der Waals surface area contributed by atoms with Gasteiger partial charge < -0.3 is 9.80 Å². The minimum Gasteiger partial charge on any atom is -0.360 e. The molecule has 0 spiro atoms. The SMILES string of the molecule is CCCCN(C)c1cc(C(=O)N2CCc3ccccc32)ncn1.